The number of thiophene rings is 1. The van der Waals surface area contributed by atoms with Crippen molar-refractivity contribution < 1.29 is 9.90 Å². The molecule has 3 nitrogen and oxygen atoms in total. The van der Waals surface area contributed by atoms with Gasteiger partial charge in [-0.15, -0.1) is 11.3 Å². The Balaban J connectivity index is 1.80. The summed E-state index contributed by atoms with van der Waals surface area (Å²) in [7, 11) is 0. The fraction of sp³-hybridized carbons (Fsp3) is 0.312. The molecular formula is C16H18ClNO2S. The molecule has 0 bridgehead atoms. The van der Waals surface area contributed by atoms with Crippen LogP contribution in [0.15, 0.2) is 36.4 Å². The maximum Gasteiger partial charge on any atom is 0.228 e. The van der Waals surface area contributed by atoms with E-state index in [-0.39, 0.29) is 18.4 Å². The van der Waals surface area contributed by atoms with Gasteiger partial charge in [0.2, 0.25) is 5.91 Å². The number of hydrogen-bond donors (Lipinski definition) is 2. The lowest BCUT2D eigenvalue weighted by atomic mass is 10.1. The highest BCUT2D eigenvalue weighted by molar-refractivity contribution is 7.16. The van der Waals surface area contributed by atoms with Crippen molar-refractivity contribution in [2.45, 2.75) is 25.9 Å². The Labute approximate surface area is 133 Å². The molecule has 1 aromatic heterocycles. The number of hydrogen-bond acceptors (Lipinski definition) is 3. The summed E-state index contributed by atoms with van der Waals surface area (Å²) in [5.74, 6) is -0.167. The van der Waals surface area contributed by atoms with Crippen LogP contribution in [0.2, 0.25) is 4.34 Å². The second kappa shape index (κ2) is 7.59. The second-order valence-corrected chi connectivity index (χ2v) is 6.63. The highest BCUT2D eigenvalue weighted by Gasteiger charge is 2.16. The molecule has 1 atom stereocenters. The molecule has 0 fully saturated rings. The number of carbonyl (C=O) groups is 1. The average molecular weight is 324 g/mol. The monoisotopic (exact) mass is 323 g/mol. The Bertz CT molecular complexity index is 595. The van der Waals surface area contributed by atoms with Gasteiger partial charge in [-0.25, -0.2) is 0 Å². The lowest BCUT2D eigenvalue weighted by Crippen LogP contribution is -2.29. The third-order valence-electron chi connectivity index (χ3n) is 3.33. The number of carbonyl (C=O) groups excluding carboxylic acids is 1. The first-order chi connectivity index (χ1) is 10.1. The van der Waals surface area contributed by atoms with Gasteiger partial charge in [-0.2, -0.15) is 0 Å². The van der Waals surface area contributed by atoms with Gasteiger partial charge in [0.15, 0.2) is 0 Å². The van der Waals surface area contributed by atoms with Gasteiger partial charge in [0.25, 0.3) is 0 Å². The number of rotatable bonds is 6. The van der Waals surface area contributed by atoms with Gasteiger partial charge < -0.3 is 10.4 Å². The molecule has 1 aromatic carbocycles. The molecule has 1 unspecified atom stereocenters. The summed E-state index contributed by atoms with van der Waals surface area (Å²) in [4.78, 5) is 13.0. The zero-order valence-corrected chi connectivity index (χ0v) is 13.4. The third-order valence-corrected chi connectivity index (χ3v) is 4.75. The Hall–Kier alpha value is -1.36. The van der Waals surface area contributed by atoms with Crippen molar-refractivity contribution in [3.8, 4) is 0 Å². The predicted octanol–water partition coefficient (Wildman–Crippen LogP) is 3.36. The molecule has 21 heavy (non-hydrogen) atoms. The molecule has 5 heteroatoms. The summed E-state index contributed by atoms with van der Waals surface area (Å²) in [6, 6.07) is 11.4. The van der Waals surface area contributed by atoms with Crippen LogP contribution in [-0.2, 0) is 17.8 Å². The minimum Gasteiger partial charge on any atom is -0.392 e. The van der Waals surface area contributed by atoms with Gasteiger partial charge in [0.05, 0.1) is 16.9 Å². The molecule has 0 radical (unpaired) electrons. The highest BCUT2D eigenvalue weighted by atomic mass is 35.5. The van der Waals surface area contributed by atoms with Crippen molar-refractivity contribution in [3.63, 3.8) is 0 Å². The van der Waals surface area contributed by atoms with Crippen molar-refractivity contribution >= 4 is 28.8 Å². The molecular weight excluding hydrogens is 306 g/mol. The molecule has 2 aromatic rings. The van der Waals surface area contributed by atoms with Crippen molar-refractivity contribution in [1.29, 1.82) is 0 Å². The van der Waals surface area contributed by atoms with E-state index in [9.17, 15) is 4.79 Å². The van der Waals surface area contributed by atoms with Crippen LogP contribution in [0.25, 0.3) is 0 Å². The number of benzene rings is 1. The van der Waals surface area contributed by atoms with Crippen LogP contribution in [0.1, 0.15) is 28.8 Å². The zero-order valence-electron chi connectivity index (χ0n) is 11.8. The second-order valence-electron chi connectivity index (χ2n) is 4.88. The van der Waals surface area contributed by atoms with Crippen LogP contribution in [0, 0.1) is 0 Å². The lowest BCUT2D eigenvalue weighted by Gasteiger charge is -2.10. The van der Waals surface area contributed by atoms with E-state index < -0.39 is 0 Å². The van der Waals surface area contributed by atoms with E-state index in [1.54, 1.807) is 0 Å². The molecule has 112 valence electrons. The maximum atomic E-state index is 12.1. The summed E-state index contributed by atoms with van der Waals surface area (Å²) in [5, 5.41) is 11.9. The van der Waals surface area contributed by atoms with Crippen LogP contribution < -0.4 is 5.32 Å². The van der Waals surface area contributed by atoms with Crippen molar-refractivity contribution in [3.05, 3.63) is 56.7 Å². The number of amides is 1. The average Bonchev–Trinajstić information content (AvgIpc) is 2.93. The summed E-state index contributed by atoms with van der Waals surface area (Å²) in [6.07, 6.45) is 0.773. The van der Waals surface area contributed by atoms with E-state index in [1.807, 2.05) is 43.3 Å². The summed E-state index contributed by atoms with van der Waals surface area (Å²) < 4.78 is 0.702. The van der Waals surface area contributed by atoms with E-state index in [4.69, 9.17) is 16.7 Å². The molecule has 0 aliphatic heterocycles. The van der Waals surface area contributed by atoms with Crippen LogP contribution >= 0.6 is 22.9 Å². The SMILES string of the molecule is CC(C(=O)NCCc1ccc(CO)cc1)c1ccc(Cl)s1. The Morgan fingerprint density at radius 3 is 2.48 bits per heavy atom. The first-order valence-corrected chi connectivity index (χ1v) is 8.01. The first kappa shape index (κ1) is 16.0. The quantitative estimate of drug-likeness (QED) is 0.856. The van der Waals surface area contributed by atoms with E-state index >= 15 is 0 Å². The Morgan fingerprint density at radius 1 is 1.24 bits per heavy atom. The van der Waals surface area contributed by atoms with E-state index in [0.29, 0.717) is 10.9 Å². The van der Waals surface area contributed by atoms with Gasteiger partial charge in [-0.1, -0.05) is 35.9 Å². The molecule has 0 aliphatic carbocycles. The van der Waals surface area contributed by atoms with Crippen molar-refractivity contribution in [2.24, 2.45) is 0 Å². The molecule has 2 N–H and O–H groups in total. The number of nitrogens with one attached hydrogen (secondary N) is 1. The van der Waals surface area contributed by atoms with Gasteiger partial charge in [-0.05, 0) is 36.6 Å². The fourth-order valence-corrected chi connectivity index (χ4v) is 3.10. The molecule has 2 rings (SSSR count). The van der Waals surface area contributed by atoms with Crippen LogP contribution in [0.5, 0.6) is 0 Å². The summed E-state index contributed by atoms with van der Waals surface area (Å²) in [6.45, 7) is 2.53. The Morgan fingerprint density at radius 2 is 1.90 bits per heavy atom. The van der Waals surface area contributed by atoms with E-state index in [1.165, 1.54) is 11.3 Å². The smallest absolute Gasteiger partial charge is 0.228 e. The van der Waals surface area contributed by atoms with Gasteiger partial charge in [-0.3, -0.25) is 4.79 Å². The number of halogens is 1. The molecule has 0 saturated heterocycles. The topological polar surface area (TPSA) is 49.3 Å². The number of aliphatic hydroxyl groups is 1. The number of aliphatic hydroxyl groups excluding tert-OH is 1. The summed E-state index contributed by atoms with van der Waals surface area (Å²) in [5.41, 5.74) is 2.03. The largest absolute Gasteiger partial charge is 0.392 e. The summed E-state index contributed by atoms with van der Waals surface area (Å²) >= 11 is 7.33. The van der Waals surface area contributed by atoms with Crippen molar-refractivity contribution in [2.75, 3.05) is 6.54 Å². The normalized spacial score (nSPS) is 12.1. The van der Waals surface area contributed by atoms with Crippen LogP contribution in [0.3, 0.4) is 0 Å². The van der Waals surface area contributed by atoms with Crippen LogP contribution in [0.4, 0.5) is 0 Å². The zero-order chi connectivity index (χ0) is 15.2. The standard InChI is InChI=1S/C16H18ClNO2S/c1-11(14-6-7-15(17)21-14)16(20)18-9-8-12-2-4-13(10-19)5-3-12/h2-7,11,19H,8-10H2,1H3,(H,18,20). The minimum absolute atomic E-state index is 0.0143. The maximum absolute atomic E-state index is 12.1. The van der Waals surface area contributed by atoms with Gasteiger partial charge >= 0.3 is 0 Å². The predicted molar refractivity (Wildman–Crippen MR) is 86.8 cm³/mol. The minimum atomic E-state index is -0.181. The van der Waals surface area contributed by atoms with Crippen molar-refractivity contribution in [1.82, 2.24) is 5.32 Å². The van der Waals surface area contributed by atoms with Crippen LogP contribution in [-0.4, -0.2) is 17.6 Å². The first-order valence-electron chi connectivity index (χ1n) is 6.81. The fourth-order valence-electron chi connectivity index (χ4n) is 1.98. The van der Waals surface area contributed by atoms with E-state index in [0.717, 1.165) is 22.4 Å². The molecule has 0 saturated carbocycles. The Kier molecular flexibility index (Phi) is 5.79. The highest BCUT2D eigenvalue weighted by Crippen LogP contribution is 2.28. The van der Waals surface area contributed by atoms with Gasteiger partial charge in [0, 0.05) is 11.4 Å². The molecule has 1 heterocycles. The molecule has 0 spiro atoms. The van der Waals surface area contributed by atoms with Gasteiger partial charge in [0.1, 0.15) is 0 Å². The third kappa shape index (κ3) is 4.56. The van der Waals surface area contributed by atoms with E-state index in [2.05, 4.69) is 5.32 Å². The molecule has 0 aliphatic rings. The molecule has 1 amide bonds. The lowest BCUT2D eigenvalue weighted by molar-refractivity contribution is -0.122.